The number of benzene rings is 1. The van der Waals surface area contributed by atoms with Crippen LogP contribution in [0, 0.1) is 5.92 Å². The normalized spacial score (nSPS) is 24.4. The van der Waals surface area contributed by atoms with Crippen LogP contribution in [0.2, 0.25) is 0 Å². The van der Waals surface area contributed by atoms with Crippen LogP contribution in [-0.4, -0.2) is 5.97 Å². The summed E-state index contributed by atoms with van der Waals surface area (Å²) in [5.41, 5.74) is 2.51. The zero-order valence-corrected chi connectivity index (χ0v) is 9.19. The van der Waals surface area contributed by atoms with E-state index in [9.17, 15) is 4.79 Å². The Kier molecular flexibility index (Phi) is 2.76. The first-order chi connectivity index (χ1) is 7.16. The van der Waals surface area contributed by atoms with E-state index in [2.05, 4.69) is 19.1 Å². The van der Waals surface area contributed by atoms with E-state index >= 15 is 0 Å². The summed E-state index contributed by atoms with van der Waals surface area (Å²) in [7, 11) is 0. The molecule has 0 N–H and O–H groups in total. The van der Waals surface area contributed by atoms with E-state index < -0.39 is 0 Å². The molecule has 0 bridgehead atoms. The van der Waals surface area contributed by atoms with Gasteiger partial charge in [-0.05, 0) is 29.9 Å². The van der Waals surface area contributed by atoms with Gasteiger partial charge in [-0.1, -0.05) is 31.2 Å². The molecule has 15 heavy (non-hydrogen) atoms. The van der Waals surface area contributed by atoms with Gasteiger partial charge in [0.25, 0.3) is 0 Å². The first kappa shape index (κ1) is 10.2. The van der Waals surface area contributed by atoms with Crippen LogP contribution < -0.4 is 0 Å². The summed E-state index contributed by atoms with van der Waals surface area (Å²) in [6, 6.07) is 8.24. The van der Waals surface area contributed by atoms with Crippen LogP contribution >= 0.6 is 0 Å². The predicted octanol–water partition coefficient (Wildman–Crippen LogP) is 2.87. The van der Waals surface area contributed by atoms with E-state index in [1.807, 2.05) is 12.1 Å². The minimum Gasteiger partial charge on any atom is -0.458 e. The summed E-state index contributed by atoms with van der Waals surface area (Å²) in [5, 5.41) is 0. The SMILES string of the molecule is CC(=O)O[C@@H]1C[C@@H](C)Cc2ccccc21. The highest BCUT2D eigenvalue weighted by atomic mass is 16.5. The fourth-order valence-corrected chi connectivity index (χ4v) is 2.30. The van der Waals surface area contributed by atoms with Crippen LogP contribution in [0.4, 0.5) is 0 Å². The molecule has 0 amide bonds. The van der Waals surface area contributed by atoms with Crippen molar-refractivity contribution in [2.75, 3.05) is 0 Å². The molecule has 0 heterocycles. The molecule has 1 aliphatic rings. The third-order valence-electron chi connectivity index (χ3n) is 2.90. The summed E-state index contributed by atoms with van der Waals surface area (Å²) in [4.78, 5) is 11.0. The predicted molar refractivity (Wildman–Crippen MR) is 58.4 cm³/mol. The maximum absolute atomic E-state index is 11.0. The molecule has 2 rings (SSSR count). The van der Waals surface area contributed by atoms with Crippen molar-refractivity contribution in [2.45, 2.75) is 32.8 Å². The molecule has 0 saturated carbocycles. The standard InChI is InChI=1S/C13H16O2/c1-9-7-11-5-3-4-6-12(11)13(8-9)15-10(2)14/h3-6,9,13H,7-8H2,1-2H3/t9-,13+/m0/s1. The van der Waals surface area contributed by atoms with Gasteiger partial charge >= 0.3 is 5.97 Å². The molecule has 0 saturated heterocycles. The molecule has 1 aromatic rings. The summed E-state index contributed by atoms with van der Waals surface area (Å²) >= 11 is 0. The third kappa shape index (κ3) is 2.20. The Hall–Kier alpha value is -1.31. The van der Waals surface area contributed by atoms with Crippen molar-refractivity contribution in [1.29, 1.82) is 0 Å². The van der Waals surface area contributed by atoms with Crippen molar-refractivity contribution in [2.24, 2.45) is 5.92 Å². The highest BCUT2D eigenvalue weighted by Crippen LogP contribution is 2.35. The Balaban J connectivity index is 2.29. The second kappa shape index (κ2) is 4.05. The van der Waals surface area contributed by atoms with Crippen LogP contribution in [0.5, 0.6) is 0 Å². The van der Waals surface area contributed by atoms with Gasteiger partial charge in [0, 0.05) is 6.92 Å². The molecule has 1 aromatic carbocycles. The molecule has 80 valence electrons. The van der Waals surface area contributed by atoms with Crippen molar-refractivity contribution in [1.82, 2.24) is 0 Å². The quantitative estimate of drug-likeness (QED) is 0.657. The van der Waals surface area contributed by atoms with Crippen molar-refractivity contribution in [3.8, 4) is 0 Å². The van der Waals surface area contributed by atoms with Crippen LogP contribution in [0.3, 0.4) is 0 Å². The monoisotopic (exact) mass is 204 g/mol. The lowest BCUT2D eigenvalue weighted by Crippen LogP contribution is -2.20. The Morgan fingerprint density at radius 3 is 2.87 bits per heavy atom. The zero-order chi connectivity index (χ0) is 10.8. The molecule has 0 spiro atoms. The van der Waals surface area contributed by atoms with Gasteiger partial charge < -0.3 is 4.74 Å². The van der Waals surface area contributed by atoms with E-state index in [0.717, 1.165) is 12.8 Å². The van der Waals surface area contributed by atoms with Gasteiger partial charge in [0.15, 0.2) is 0 Å². The van der Waals surface area contributed by atoms with Crippen LogP contribution in [0.15, 0.2) is 24.3 Å². The Morgan fingerprint density at radius 1 is 1.40 bits per heavy atom. The van der Waals surface area contributed by atoms with Gasteiger partial charge in [-0.25, -0.2) is 0 Å². The number of fused-ring (bicyclic) bond motifs is 1. The van der Waals surface area contributed by atoms with E-state index in [4.69, 9.17) is 4.74 Å². The number of rotatable bonds is 1. The van der Waals surface area contributed by atoms with Crippen LogP contribution in [-0.2, 0) is 16.0 Å². The molecule has 2 heteroatoms. The lowest BCUT2D eigenvalue weighted by molar-refractivity contribution is -0.147. The minimum atomic E-state index is -0.191. The maximum Gasteiger partial charge on any atom is 0.303 e. The first-order valence-corrected chi connectivity index (χ1v) is 5.42. The molecule has 0 aromatic heterocycles. The first-order valence-electron chi connectivity index (χ1n) is 5.42. The second-order valence-electron chi connectivity index (χ2n) is 4.34. The van der Waals surface area contributed by atoms with Crippen LogP contribution in [0.25, 0.3) is 0 Å². The summed E-state index contributed by atoms with van der Waals surface area (Å²) in [5.74, 6) is 0.396. The summed E-state index contributed by atoms with van der Waals surface area (Å²) < 4.78 is 5.35. The Bertz CT molecular complexity index is 371. The average molecular weight is 204 g/mol. The topological polar surface area (TPSA) is 26.3 Å². The van der Waals surface area contributed by atoms with Crippen molar-refractivity contribution in [3.05, 3.63) is 35.4 Å². The van der Waals surface area contributed by atoms with Crippen molar-refractivity contribution in [3.63, 3.8) is 0 Å². The number of carbonyl (C=O) groups is 1. The number of esters is 1. The molecule has 2 nitrogen and oxygen atoms in total. The maximum atomic E-state index is 11.0. The van der Waals surface area contributed by atoms with E-state index in [-0.39, 0.29) is 12.1 Å². The van der Waals surface area contributed by atoms with Gasteiger partial charge in [-0.2, -0.15) is 0 Å². The number of ether oxygens (including phenoxy) is 1. The molecular weight excluding hydrogens is 188 g/mol. The Morgan fingerprint density at radius 2 is 2.13 bits per heavy atom. The largest absolute Gasteiger partial charge is 0.458 e. The smallest absolute Gasteiger partial charge is 0.303 e. The number of hydrogen-bond acceptors (Lipinski definition) is 2. The molecule has 0 fully saturated rings. The number of carbonyl (C=O) groups excluding carboxylic acids is 1. The van der Waals surface area contributed by atoms with Gasteiger partial charge in [0.05, 0.1) is 0 Å². The van der Waals surface area contributed by atoms with Gasteiger partial charge in [-0.15, -0.1) is 0 Å². The fraction of sp³-hybridized carbons (Fsp3) is 0.462. The van der Waals surface area contributed by atoms with Gasteiger partial charge in [0.1, 0.15) is 6.10 Å². The molecule has 0 radical (unpaired) electrons. The van der Waals surface area contributed by atoms with Crippen molar-refractivity contribution >= 4 is 5.97 Å². The van der Waals surface area contributed by atoms with E-state index in [1.165, 1.54) is 18.1 Å². The fourth-order valence-electron chi connectivity index (χ4n) is 2.30. The molecule has 2 atom stereocenters. The lowest BCUT2D eigenvalue weighted by atomic mass is 9.83. The number of hydrogen-bond donors (Lipinski definition) is 0. The molecule has 0 unspecified atom stereocenters. The summed E-state index contributed by atoms with van der Waals surface area (Å²) in [6.45, 7) is 3.67. The second-order valence-corrected chi connectivity index (χ2v) is 4.34. The molecule has 1 aliphatic carbocycles. The van der Waals surface area contributed by atoms with Gasteiger partial charge in [-0.3, -0.25) is 4.79 Å². The van der Waals surface area contributed by atoms with Crippen LogP contribution in [0.1, 0.15) is 37.5 Å². The highest BCUT2D eigenvalue weighted by molar-refractivity contribution is 5.66. The minimum absolute atomic E-state index is 0.0394. The van der Waals surface area contributed by atoms with Crippen molar-refractivity contribution < 1.29 is 9.53 Å². The average Bonchev–Trinajstić information content (AvgIpc) is 2.16. The molecule has 0 aliphatic heterocycles. The third-order valence-corrected chi connectivity index (χ3v) is 2.90. The highest BCUT2D eigenvalue weighted by Gasteiger charge is 2.26. The molecular formula is C13H16O2. The van der Waals surface area contributed by atoms with E-state index in [0.29, 0.717) is 5.92 Å². The van der Waals surface area contributed by atoms with Gasteiger partial charge in [0.2, 0.25) is 0 Å². The Labute approximate surface area is 90.3 Å². The summed E-state index contributed by atoms with van der Waals surface area (Å²) in [6.07, 6.45) is 1.99. The zero-order valence-electron chi connectivity index (χ0n) is 9.19. The van der Waals surface area contributed by atoms with E-state index in [1.54, 1.807) is 0 Å². The lowest BCUT2D eigenvalue weighted by Gasteiger charge is -2.29.